The van der Waals surface area contributed by atoms with Gasteiger partial charge < -0.3 is 24.4 Å². The van der Waals surface area contributed by atoms with Gasteiger partial charge >= 0.3 is 18.3 Å². The molecule has 0 saturated carbocycles. The molecule has 0 fully saturated rings. The Labute approximate surface area is 313 Å². The van der Waals surface area contributed by atoms with E-state index in [1.165, 1.54) is 18.6 Å². The molecule has 0 atom stereocenters. The molecule has 2 N–H and O–H groups in total. The zero-order chi connectivity index (χ0) is 39.9. The van der Waals surface area contributed by atoms with E-state index in [4.69, 9.17) is 14.2 Å². The average molecular weight is 747 g/mol. The number of fused-ring (bicyclic) bond motifs is 2. The normalized spacial score (nSPS) is 13.6. The summed E-state index contributed by atoms with van der Waals surface area (Å²) in [4.78, 5) is 63.6. The molecule has 0 aliphatic carbocycles. The number of hydrogen-bond acceptors (Lipinski definition) is 11. The lowest BCUT2D eigenvalue weighted by atomic mass is 9.97. The fraction of sp³-hybridized carbons (Fsp3) is 0.447. The molecule has 0 saturated heterocycles. The van der Waals surface area contributed by atoms with Crippen molar-refractivity contribution in [2.45, 2.75) is 99.0 Å². The van der Waals surface area contributed by atoms with Crippen LogP contribution in [-0.4, -0.2) is 79.2 Å². The molecule has 1 aromatic carbocycles. The van der Waals surface area contributed by atoms with E-state index in [-0.39, 0.29) is 45.9 Å². The van der Waals surface area contributed by atoms with E-state index in [9.17, 15) is 19.2 Å². The zero-order valence-electron chi connectivity index (χ0n) is 32.5. The Balaban J connectivity index is 1.63. The minimum atomic E-state index is -1.01. The number of imide groups is 1. The molecule has 5 rings (SSSR count). The Morgan fingerprint density at radius 2 is 1.48 bits per heavy atom. The van der Waals surface area contributed by atoms with Crippen molar-refractivity contribution in [3.8, 4) is 11.1 Å². The molecule has 1 aliphatic rings. The number of anilines is 4. The first kappa shape index (κ1) is 39.4. The summed E-state index contributed by atoms with van der Waals surface area (Å²) in [5, 5.41) is 11.0. The van der Waals surface area contributed by atoms with Crippen LogP contribution in [0.1, 0.15) is 73.6 Å². The predicted octanol–water partition coefficient (Wildman–Crippen LogP) is 7.72. The highest BCUT2D eigenvalue weighted by Gasteiger charge is 2.35. The van der Waals surface area contributed by atoms with Gasteiger partial charge in [-0.25, -0.2) is 23.8 Å². The summed E-state index contributed by atoms with van der Waals surface area (Å²) in [6.07, 6.45) is 1.78. The maximum atomic E-state index is 16.8. The van der Waals surface area contributed by atoms with E-state index >= 15 is 4.39 Å². The van der Waals surface area contributed by atoms with Crippen molar-refractivity contribution >= 4 is 58.0 Å². The largest absolute Gasteiger partial charge is 0.444 e. The lowest BCUT2D eigenvalue weighted by Crippen LogP contribution is -2.44. The molecular weight excluding hydrogens is 699 g/mol. The average Bonchev–Trinajstić information content (AvgIpc) is 3.33. The SMILES string of the molecule is Cc1c(-c2cc3cc(Nc4cc5n(n4)CC(=O)N(C)CC5)ncc3c(NC(=O)OC(C)(C)C)c2F)cncc1N(C(=O)OC(C)(C)C)C(=O)OC(C)(C)C. The second kappa shape index (κ2) is 14.6. The molecular formula is C38H47FN8O7. The van der Waals surface area contributed by atoms with E-state index in [0.29, 0.717) is 30.0 Å². The Morgan fingerprint density at radius 1 is 0.852 bits per heavy atom. The van der Waals surface area contributed by atoms with E-state index < -0.39 is 40.9 Å². The van der Waals surface area contributed by atoms with Gasteiger partial charge in [-0.1, -0.05) is 0 Å². The van der Waals surface area contributed by atoms with Crippen LogP contribution >= 0.6 is 0 Å². The second-order valence-electron chi connectivity index (χ2n) is 16.0. The number of likely N-dealkylation sites (N-methyl/N-ethyl adjacent to an activating group) is 1. The highest BCUT2D eigenvalue weighted by Crippen LogP contribution is 2.39. The minimum absolute atomic E-state index is 0.00143. The van der Waals surface area contributed by atoms with Crippen molar-refractivity contribution in [3.05, 3.63) is 53.9 Å². The van der Waals surface area contributed by atoms with Gasteiger partial charge in [-0.3, -0.25) is 19.8 Å². The fourth-order valence-electron chi connectivity index (χ4n) is 5.60. The Hall–Kier alpha value is -5.80. The maximum absolute atomic E-state index is 16.8. The van der Waals surface area contributed by atoms with Crippen LogP contribution < -0.4 is 15.5 Å². The quantitative estimate of drug-likeness (QED) is 0.192. The van der Waals surface area contributed by atoms with Crippen LogP contribution in [0.3, 0.4) is 0 Å². The van der Waals surface area contributed by atoms with Crippen molar-refractivity contribution in [1.29, 1.82) is 0 Å². The molecule has 1 aliphatic heterocycles. The second-order valence-corrected chi connectivity index (χ2v) is 16.0. The third kappa shape index (κ3) is 9.22. The van der Waals surface area contributed by atoms with Crippen LogP contribution in [0, 0.1) is 12.7 Å². The topological polar surface area (TPSA) is 170 Å². The number of nitrogens with one attached hydrogen (secondary N) is 2. The summed E-state index contributed by atoms with van der Waals surface area (Å²) in [5.74, 6) is -0.0854. The van der Waals surface area contributed by atoms with Crippen LogP contribution in [0.5, 0.6) is 0 Å². The van der Waals surface area contributed by atoms with Gasteiger partial charge in [0.2, 0.25) is 5.91 Å². The van der Waals surface area contributed by atoms with Crippen LogP contribution in [0.2, 0.25) is 0 Å². The van der Waals surface area contributed by atoms with Crippen LogP contribution in [-0.2, 0) is 32.0 Å². The van der Waals surface area contributed by atoms with Gasteiger partial charge in [0.15, 0.2) is 11.6 Å². The minimum Gasteiger partial charge on any atom is -0.444 e. The third-order valence-electron chi connectivity index (χ3n) is 7.99. The van der Waals surface area contributed by atoms with Crippen molar-refractivity contribution in [2.75, 3.05) is 29.1 Å². The number of benzene rings is 1. The van der Waals surface area contributed by atoms with Gasteiger partial charge in [0.05, 0.1) is 17.6 Å². The lowest BCUT2D eigenvalue weighted by Gasteiger charge is -2.29. The van der Waals surface area contributed by atoms with Crippen molar-refractivity contribution in [1.82, 2.24) is 24.6 Å². The van der Waals surface area contributed by atoms with Crippen LogP contribution in [0.4, 0.5) is 41.8 Å². The number of pyridine rings is 2. The van der Waals surface area contributed by atoms with E-state index in [1.807, 2.05) is 6.07 Å². The van der Waals surface area contributed by atoms with E-state index in [1.54, 1.807) is 98.0 Å². The number of rotatable bonds is 5. The summed E-state index contributed by atoms with van der Waals surface area (Å²) in [6.45, 7) is 17.2. The zero-order valence-corrected chi connectivity index (χ0v) is 32.5. The first-order valence-corrected chi connectivity index (χ1v) is 17.4. The van der Waals surface area contributed by atoms with Crippen LogP contribution in [0.15, 0.2) is 36.8 Å². The summed E-state index contributed by atoms with van der Waals surface area (Å²) in [6, 6.07) is 5.04. The molecule has 0 spiro atoms. The van der Waals surface area contributed by atoms with Gasteiger partial charge in [0.25, 0.3) is 0 Å². The highest BCUT2D eigenvalue weighted by molar-refractivity contribution is 6.11. The van der Waals surface area contributed by atoms with E-state index in [0.717, 1.165) is 10.6 Å². The number of halogens is 1. The van der Waals surface area contributed by atoms with Gasteiger partial charge in [-0.2, -0.15) is 10.00 Å². The first-order valence-electron chi connectivity index (χ1n) is 17.4. The number of hydrogen-bond donors (Lipinski definition) is 2. The summed E-state index contributed by atoms with van der Waals surface area (Å²) < 4.78 is 35.1. The molecule has 16 heteroatoms. The summed E-state index contributed by atoms with van der Waals surface area (Å²) in [5.41, 5.74) is -1.68. The predicted molar refractivity (Wildman–Crippen MR) is 201 cm³/mol. The number of carbonyl (C=O) groups excluding carboxylic acids is 4. The smallest absolute Gasteiger partial charge is 0.424 e. The molecule has 15 nitrogen and oxygen atoms in total. The lowest BCUT2D eigenvalue weighted by molar-refractivity contribution is -0.130. The Morgan fingerprint density at radius 3 is 2.09 bits per heavy atom. The molecule has 54 heavy (non-hydrogen) atoms. The number of nitrogens with zero attached hydrogens (tertiary/aromatic N) is 6. The molecule has 0 radical (unpaired) electrons. The van der Waals surface area contributed by atoms with Gasteiger partial charge in [0, 0.05) is 60.7 Å². The van der Waals surface area contributed by atoms with Crippen molar-refractivity contribution in [2.24, 2.45) is 0 Å². The molecule has 3 aromatic heterocycles. The Bertz CT molecular complexity index is 2100. The standard InChI is InChI=1S/C38H47FN8O7/c1-21-25(17-40-19-27(21)47(34(50)53-37(5,6)7)35(51)54-38(8,9)10)24-14-22-15-28(42-29-16-23-12-13-45(11)30(48)20-46(23)44-29)41-18-26(22)32(31(24)39)43-33(49)52-36(2,3)4/h14-19H,12-13,20H2,1-11H3,(H,43,49)(H,41,42,44). The first-order chi connectivity index (χ1) is 25.0. The summed E-state index contributed by atoms with van der Waals surface area (Å²) >= 11 is 0. The Kier molecular flexibility index (Phi) is 10.6. The van der Waals surface area contributed by atoms with Gasteiger partial charge in [0.1, 0.15) is 29.2 Å². The van der Waals surface area contributed by atoms with Crippen molar-refractivity contribution in [3.63, 3.8) is 0 Å². The van der Waals surface area contributed by atoms with E-state index in [2.05, 4.69) is 25.7 Å². The number of amides is 4. The maximum Gasteiger partial charge on any atom is 0.424 e. The summed E-state index contributed by atoms with van der Waals surface area (Å²) in [7, 11) is 1.75. The van der Waals surface area contributed by atoms with Crippen LogP contribution in [0.25, 0.3) is 21.9 Å². The number of carbonyl (C=O) groups is 4. The molecule has 288 valence electrons. The molecule has 0 unspecified atom stereocenters. The molecule has 4 aromatic rings. The third-order valence-corrected chi connectivity index (χ3v) is 7.99. The number of ether oxygens (including phenoxy) is 3. The molecule has 0 bridgehead atoms. The monoisotopic (exact) mass is 746 g/mol. The number of aromatic nitrogens is 4. The highest BCUT2D eigenvalue weighted by atomic mass is 19.1. The molecule has 4 heterocycles. The molecule has 4 amide bonds. The van der Waals surface area contributed by atoms with Crippen molar-refractivity contribution < 1.29 is 37.8 Å². The van der Waals surface area contributed by atoms with Gasteiger partial charge in [-0.05, 0) is 92.3 Å². The van der Waals surface area contributed by atoms with Gasteiger partial charge in [-0.15, -0.1) is 0 Å². The fourth-order valence-corrected chi connectivity index (χ4v) is 5.60.